The molecule has 0 aliphatic carbocycles. The van der Waals surface area contributed by atoms with Crippen LogP contribution in [0.4, 0.5) is 18.9 Å². The molecule has 0 radical (unpaired) electrons. The molecule has 5 nitrogen and oxygen atoms in total. The summed E-state index contributed by atoms with van der Waals surface area (Å²) in [6.07, 6.45) is -5.09. The largest absolute Gasteiger partial charge is 0.504 e. The summed E-state index contributed by atoms with van der Waals surface area (Å²) in [6, 6.07) is 3.41. The lowest BCUT2D eigenvalue weighted by Crippen LogP contribution is -2.46. The molecule has 3 N–H and O–H groups in total. The van der Waals surface area contributed by atoms with Crippen LogP contribution in [-0.2, 0) is 9.84 Å². The highest BCUT2D eigenvalue weighted by atomic mass is 32.2. The van der Waals surface area contributed by atoms with Crippen LogP contribution in [0.25, 0.3) is 0 Å². The number of nitriles is 1. The summed E-state index contributed by atoms with van der Waals surface area (Å²) in [5.74, 6) is -1.05. The molecule has 0 spiro atoms. The molecule has 0 aromatic heterocycles. The van der Waals surface area contributed by atoms with Gasteiger partial charge in [-0.1, -0.05) is 0 Å². The fraction of sp³-hybridized carbons (Fsp3) is 0.364. The summed E-state index contributed by atoms with van der Waals surface area (Å²) in [5.41, 5.74) is 4.26. The number of benzene rings is 1. The van der Waals surface area contributed by atoms with Gasteiger partial charge in [-0.15, -0.1) is 0 Å². The second kappa shape index (κ2) is 4.56. The zero-order chi connectivity index (χ0) is 15.9. The molecule has 0 aliphatic heterocycles. The van der Waals surface area contributed by atoms with Crippen LogP contribution in [0.1, 0.15) is 19.4 Å². The average Bonchev–Trinajstić information content (AvgIpc) is 2.30. The van der Waals surface area contributed by atoms with Gasteiger partial charge in [0.1, 0.15) is 11.0 Å². The number of alkyl halides is 3. The molecule has 9 heteroatoms. The van der Waals surface area contributed by atoms with Gasteiger partial charge >= 0.3 is 6.18 Å². The molecular formula is C11H11F3N2O3S. The second-order valence-corrected chi connectivity index (χ2v) is 6.94. The monoisotopic (exact) mass is 308 g/mol. The Balaban J connectivity index is 3.78. The van der Waals surface area contributed by atoms with Crippen LogP contribution in [-0.4, -0.2) is 24.4 Å². The minimum absolute atomic E-state index is 0.430. The number of phenols is 1. The van der Waals surface area contributed by atoms with Crippen molar-refractivity contribution in [2.75, 3.05) is 5.73 Å². The van der Waals surface area contributed by atoms with Gasteiger partial charge in [0.2, 0.25) is 0 Å². The van der Waals surface area contributed by atoms with Crippen molar-refractivity contribution in [2.24, 2.45) is 0 Å². The Kier molecular flexibility index (Phi) is 3.67. The van der Waals surface area contributed by atoms with E-state index < -0.39 is 42.7 Å². The Morgan fingerprint density at radius 2 is 1.80 bits per heavy atom. The highest BCUT2D eigenvalue weighted by Crippen LogP contribution is 2.44. The van der Waals surface area contributed by atoms with Crippen molar-refractivity contribution in [1.29, 1.82) is 5.26 Å². The number of phenolic OH excluding ortho intramolecular Hbond substituents is 1. The number of aromatic hydroxyl groups is 1. The maximum Gasteiger partial charge on any atom is 0.408 e. The van der Waals surface area contributed by atoms with E-state index in [1.54, 1.807) is 0 Å². The number of nitrogen functional groups attached to an aromatic ring is 1. The van der Waals surface area contributed by atoms with Gasteiger partial charge < -0.3 is 10.8 Å². The third kappa shape index (κ3) is 2.16. The molecule has 0 atom stereocenters. The molecule has 1 rings (SSSR count). The summed E-state index contributed by atoms with van der Waals surface area (Å²) < 4.78 is 59.9. The molecule has 0 unspecified atom stereocenters. The Morgan fingerprint density at radius 1 is 1.30 bits per heavy atom. The minimum atomic E-state index is -5.09. The van der Waals surface area contributed by atoms with Crippen molar-refractivity contribution in [3.8, 4) is 11.8 Å². The van der Waals surface area contributed by atoms with Crippen molar-refractivity contribution in [1.82, 2.24) is 0 Å². The van der Waals surface area contributed by atoms with Crippen LogP contribution in [0.3, 0.4) is 0 Å². The standard InChI is InChI=1S/C11H11F3N2O3S/c1-10(2,11(12,13)14)20(18,19)9-6(5-15)3-4-7(16)8(9)17/h3-4,17H,16H2,1-2H3. The molecular weight excluding hydrogens is 297 g/mol. The second-order valence-electron chi connectivity index (χ2n) is 4.50. The zero-order valence-electron chi connectivity index (χ0n) is 10.5. The van der Waals surface area contributed by atoms with Crippen molar-refractivity contribution >= 4 is 15.5 Å². The van der Waals surface area contributed by atoms with E-state index in [1.807, 2.05) is 0 Å². The van der Waals surface area contributed by atoms with Crippen molar-refractivity contribution < 1.29 is 26.7 Å². The molecule has 0 amide bonds. The van der Waals surface area contributed by atoms with Crippen molar-refractivity contribution in [3.05, 3.63) is 17.7 Å². The Morgan fingerprint density at radius 3 is 2.20 bits per heavy atom. The zero-order valence-corrected chi connectivity index (χ0v) is 11.3. The van der Waals surface area contributed by atoms with E-state index in [9.17, 15) is 26.7 Å². The maximum atomic E-state index is 12.9. The Hall–Kier alpha value is -1.95. The number of nitrogens with two attached hydrogens (primary N) is 1. The van der Waals surface area contributed by atoms with Gasteiger partial charge in [-0.2, -0.15) is 18.4 Å². The van der Waals surface area contributed by atoms with Crippen molar-refractivity contribution in [2.45, 2.75) is 29.7 Å². The van der Waals surface area contributed by atoms with Gasteiger partial charge in [-0.3, -0.25) is 0 Å². The van der Waals surface area contributed by atoms with Gasteiger partial charge in [-0.25, -0.2) is 8.42 Å². The number of hydrogen-bond acceptors (Lipinski definition) is 5. The fourth-order valence-electron chi connectivity index (χ4n) is 1.35. The predicted octanol–water partition coefficient (Wildman–Crippen LogP) is 1.96. The third-order valence-corrected chi connectivity index (χ3v) is 5.43. The third-order valence-electron chi connectivity index (χ3n) is 2.91. The first kappa shape index (κ1) is 16.1. The quantitative estimate of drug-likeness (QED) is 0.642. The first-order chi connectivity index (χ1) is 8.88. The van der Waals surface area contributed by atoms with Crippen molar-refractivity contribution in [3.63, 3.8) is 0 Å². The highest BCUT2D eigenvalue weighted by Gasteiger charge is 2.58. The van der Waals surface area contributed by atoms with Crippen LogP contribution in [0.2, 0.25) is 0 Å². The topological polar surface area (TPSA) is 104 Å². The van der Waals surface area contributed by atoms with E-state index in [4.69, 9.17) is 11.0 Å². The van der Waals surface area contributed by atoms with Crippen LogP contribution in [0.5, 0.6) is 5.75 Å². The lowest BCUT2D eigenvalue weighted by atomic mass is 10.2. The van der Waals surface area contributed by atoms with Gasteiger partial charge in [0.15, 0.2) is 20.3 Å². The number of hydrogen-bond donors (Lipinski definition) is 2. The molecule has 1 aromatic rings. The minimum Gasteiger partial charge on any atom is -0.504 e. The molecule has 110 valence electrons. The van der Waals surface area contributed by atoms with Gasteiger partial charge in [0.05, 0.1) is 11.3 Å². The fourth-order valence-corrected chi connectivity index (χ4v) is 2.94. The molecule has 0 bridgehead atoms. The SMILES string of the molecule is CC(C)(C(F)(F)F)S(=O)(=O)c1c(C#N)ccc(N)c1O. The smallest absolute Gasteiger partial charge is 0.408 e. The summed E-state index contributed by atoms with van der Waals surface area (Å²) in [6.45, 7) is 0.901. The molecule has 0 fully saturated rings. The van der Waals surface area contributed by atoms with E-state index in [0.29, 0.717) is 13.8 Å². The summed E-state index contributed by atoms with van der Waals surface area (Å²) in [7, 11) is -5.07. The Bertz CT molecular complexity index is 688. The number of sulfone groups is 1. The predicted molar refractivity (Wildman–Crippen MR) is 64.6 cm³/mol. The van der Waals surface area contributed by atoms with Gasteiger partial charge in [-0.05, 0) is 26.0 Å². The normalized spacial score (nSPS) is 13.0. The lowest BCUT2D eigenvalue weighted by molar-refractivity contribution is -0.153. The molecule has 20 heavy (non-hydrogen) atoms. The summed E-state index contributed by atoms with van der Waals surface area (Å²) in [4.78, 5) is -1.11. The van der Waals surface area contributed by atoms with Crippen LogP contribution in [0.15, 0.2) is 17.0 Å². The molecule has 0 saturated carbocycles. The number of halogens is 3. The average molecular weight is 308 g/mol. The maximum absolute atomic E-state index is 12.9. The Labute approximate surface area is 113 Å². The van der Waals surface area contributed by atoms with Crippen LogP contribution < -0.4 is 5.73 Å². The van der Waals surface area contributed by atoms with Crippen LogP contribution in [0, 0.1) is 11.3 Å². The lowest BCUT2D eigenvalue weighted by Gasteiger charge is -2.28. The van der Waals surface area contributed by atoms with E-state index >= 15 is 0 Å². The molecule has 1 aromatic carbocycles. The molecule has 0 saturated heterocycles. The highest BCUT2D eigenvalue weighted by molar-refractivity contribution is 7.93. The van der Waals surface area contributed by atoms with E-state index in [-0.39, 0.29) is 0 Å². The van der Waals surface area contributed by atoms with Crippen LogP contribution >= 0.6 is 0 Å². The van der Waals surface area contributed by atoms with E-state index in [0.717, 1.165) is 12.1 Å². The first-order valence-corrected chi connectivity index (χ1v) is 6.69. The number of rotatable bonds is 2. The number of nitrogens with zero attached hydrogens (tertiary/aromatic N) is 1. The van der Waals surface area contributed by atoms with Gasteiger partial charge in [0, 0.05) is 0 Å². The van der Waals surface area contributed by atoms with Gasteiger partial charge in [0.25, 0.3) is 0 Å². The van der Waals surface area contributed by atoms with E-state index in [2.05, 4.69) is 0 Å². The van der Waals surface area contributed by atoms with E-state index in [1.165, 1.54) is 6.07 Å². The molecule has 0 heterocycles. The number of anilines is 1. The summed E-state index contributed by atoms with van der Waals surface area (Å²) >= 11 is 0. The summed E-state index contributed by atoms with van der Waals surface area (Å²) in [5, 5.41) is 18.5. The first-order valence-electron chi connectivity index (χ1n) is 5.21. The molecule has 0 aliphatic rings.